The highest BCUT2D eigenvalue weighted by Gasteiger charge is 1.82. The molecule has 0 unspecified atom stereocenters. The zero-order chi connectivity index (χ0) is 5.70. The Labute approximate surface area is 46.2 Å². The van der Waals surface area contributed by atoms with E-state index in [0.29, 0.717) is 0 Å². The summed E-state index contributed by atoms with van der Waals surface area (Å²) in [6, 6.07) is 0. The van der Waals surface area contributed by atoms with Crippen LogP contribution in [-0.2, 0) is 0 Å². The molecule has 0 heteroatoms. The second-order valence-electron chi connectivity index (χ2n) is 1.51. The molecule has 0 amide bonds. The second-order valence-corrected chi connectivity index (χ2v) is 1.51. The van der Waals surface area contributed by atoms with Gasteiger partial charge in [-0.05, 0) is 19.8 Å². The van der Waals surface area contributed by atoms with Gasteiger partial charge >= 0.3 is 0 Å². The molecular formula is C7H13. The number of rotatable bonds is 2. The summed E-state index contributed by atoms with van der Waals surface area (Å²) >= 11 is 0. The maximum Gasteiger partial charge on any atom is -0.0169 e. The Balaban J connectivity index is 3.38. The Kier molecular flexibility index (Phi) is 3.77. The average molecular weight is 97.2 g/mol. The fraction of sp³-hybridized carbons (Fsp3) is 0.571. The van der Waals surface area contributed by atoms with Gasteiger partial charge in [-0.25, -0.2) is 0 Å². The molecular weight excluding hydrogens is 84.1 g/mol. The third-order valence-corrected chi connectivity index (χ3v) is 1.15. The molecule has 0 aliphatic heterocycles. The van der Waals surface area contributed by atoms with Crippen LogP contribution in [0.15, 0.2) is 11.6 Å². The summed E-state index contributed by atoms with van der Waals surface area (Å²) in [6.07, 6.45) is 5.44. The summed E-state index contributed by atoms with van der Waals surface area (Å²) in [6.45, 7) is 6.30. The molecule has 0 aromatic heterocycles. The van der Waals surface area contributed by atoms with Crippen LogP contribution in [0.3, 0.4) is 0 Å². The summed E-state index contributed by atoms with van der Waals surface area (Å²) in [5, 5.41) is 0. The largest absolute Gasteiger partial charge is 0.0882 e. The van der Waals surface area contributed by atoms with E-state index in [-0.39, 0.29) is 0 Å². The lowest BCUT2D eigenvalue weighted by molar-refractivity contribution is 1.10. The normalized spacial score (nSPS) is 12.1. The Morgan fingerprint density at radius 1 is 1.43 bits per heavy atom. The molecule has 0 saturated carbocycles. The topological polar surface area (TPSA) is 0 Å². The van der Waals surface area contributed by atoms with E-state index < -0.39 is 0 Å². The van der Waals surface area contributed by atoms with Crippen molar-refractivity contribution in [3.8, 4) is 0 Å². The van der Waals surface area contributed by atoms with Crippen LogP contribution in [0.2, 0.25) is 0 Å². The van der Waals surface area contributed by atoms with Crippen LogP contribution in [0.4, 0.5) is 0 Å². The fourth-order valence-electron chi connectivity index (χ4n) is 0.575. The molecule has 41 valence electrons. The van der Waals surface area contributed by atoms with E-state index in [1.165, 1.54) is 5.57 Å². The predicted molar refractivity (Wildman–Crippen MR) is 34.0 cm³/mol. The smallest absolute Gasteiger partial charge is 0.0169 e. The molecule has 0 fully saturated rings. The number of allylic oxidation sites excluding steroid dienone is 2. The SMILES string of the molecule is C[CH]/C(=C/C)CC. The van der Waals surface area contributed by atoms with Gasteiger partial charge in [0.15, 0.2) is 0 Å². The molecule has 0 nitrogen and oxygen atoms in total. The summed E-state index contributed by atoms with van der Waals surface area (Å²) in [4.78, 5) is 0. The van der Waals surface area contributed by atoms with E-state index in [0.717, 1.165) is 6.42 Å². The quantitative estimate of drug-likeness (QED) is 0.496. The van der Waals surface area contributed by atoms with Crippen molar-refractivity contribution in [1.29, 1.82) is 0 Å². The van der Waals surface area contributed by atoms with Crippen molar-refractivity contribution in [2.45, 2.75) is 27.2 Å². The lowest BCUT2D eigenvalue weighted by Gasteiger charge is -1.92. The van der Waals surface area contributed by atoms with Gasteiger partial charge in [0.2, 0.25) is 0 Å². The summed E-state index contributed by atoms with van der Waals surface area (Å²) < 4.78 is 0. The van der Waals surface area contributed by atoms with Crippen molar-refractivity contribution in [2.75, 3.05) is 0 Å². The first-order valence-electron chi connectivity index (χ1n) is 2.79. The van der Waals surface area contributed by atoms with Gasteiger partial charge in [-0.15, -0.1) is 0 Å². The molecule has 0 heterocycles. The molecule has 0 spiro atoms. The zero-order valence-corrected chi connectivity index (χ0v) is 5.36. The van der Waals surface area contributed by atoms with E-state index in [1.54, 1.807) is 0 Å². The van der Waals surface area contributed by atoms with E-state index in [1.807, 2.05) is 0 Å². The van der Waals surface area contributed by atoms with Crippen molar-refractivity contribution in [1.82, 2.24) is 0 Å². The maximum atomic E-state index is 2.16. The Morgan fingerprint density at radius 3 is 2.00 bits per heavy atom. The minimum atomic E-state index is 1.16. The van der Waals surface area contributed by atoms with Gasteiger partial charge in [0.25, 0.3) is 0 Å². The third kappa shape index (κ3) is 2.44. The molecule has 0 rings (SSSR count). The van der Waals surface area contributed by atoms with E-state index in [9.17, 15) is 0 Å². The van der Waals surface area contributed by atoms with Crippen molar-refractivity contribution >= 4 is 0 Å². The monoisotopic (exact) mass is 97.1 g/mol. The van der Waals surface area contributed by atoms with Gasteiger partial charge in [0.1, 0.15) is 0 Å². The van der Waals surface area contributed by atoms with Crippen LogP contribution in [0.25, 0.3) is 0 Å². The van der Waals surface area contributed by atoms with Gasteiger partial charge in [-0.2, -0.15) is 0 Å². The van der Waals surface area contributed by atoms with Crippen LogP contribution in [0, 0.1) is 6.42 Å². The van der Waals surface area contributed by atoms with Gasteiger partial charge in [0, 0.05) is 0 Å². The van der Waals surface area contributed by atoms with E-state index in [4.69, 9.17) is 0 Å². The molecule has 0 aliphatic rings. The summed E-state index contributed by atoms with van der Waals surface area (Å²) in [5.41, 5.74) is 1.43. The summed E-state index contributed by atoms with van der Waals surface area (Å²) in [7, 11) is 0. The van der Waals surface area contributed by atoms with Crippen molar-refractivity contribution in [3.05, 3.63) is 18.1 Å². The minimum absolute atomic E-state index is 1.16. The van der Waals surface area contributed by atoms with Crippen LogP contribution in [0.1, 0.15) is 27.2 Å². The van der Waals surface area contributed by atoms with Gasteiger partial charge in [-0.1, -0.05) is 25.5 Å². The highest BCUT2D eigenvalue weighted by Crippen LogP contribution is 2.01. The molecule has 0 atom stereocenters. The van der Waals surface area contributed by atoms with Crippen LogP contribution in [0.5, 0.6) is 0 Å². The number of hydrogen-bond acceptors (Lipinski definition) is 0. The second kappa shape index (κ2) is 3.91. The van der Waals surface area contributed by atoms with Gasteiger partial charge < -0.3 is 0 Å². The maximum absolute atomic E-state index is 2.16. The first-order chi connectivity index (χ1) is 3.35. The lowest BCUT2D eigenvalue weighted by Crippen LogP contribution is -1.73. The van der Waals surface area contributed by atoms with Crippen molar-refractivity contribution in [3.63, 3.8) is 0 Å². The molecule has 0 bridgehead atoms. The minimum Gasteiger partial charge on any atom is -0.0882 e. The van der Waals surface area contributed by atoms with Crippen molar-refractivity contribution in [2.24, 2.45) is 0 Å². The highest BCUT2D eigenvalue weighted by molar-refractivity contribution is 5.08. The highest BCUT2D eigenvalue weighted by atomic mass is 13.9. The molecule has 0 aliphatic carbocycles. The Morgan fingerprint density at radius 2 is 2.00 bits per heavy atom. The molecule has 0 aromatic rings. The van der Waals surface area contributed by atoms with Crippen molar-refractivity contribution < 1.29 is 0 Å². The molecule has 7 heavy (non-hydrogen) atoms. The molecule has 0 aromatic carbocycles. The third-order valence-electron chi connectivity index (χ3n) is 1.15. The fourth-order valence-corrected chi connectivity index (χ4v) is 0.575. The first kappa shape index (κ1) is 6.74. The Hall–Kier alpha value is -0.260. The van der Waals surface area contributed by atoms with E-state index in [2.05, 4.69) is 33.3 Å². The molecule has 0 saturated heterocycles. The average Bonchev–Trinajstić information content (AvgIpc) is 1.72. The Bertz CT molecular complexity index is 54.4. The predicted octanol–water partition coefficient (Wildman–Crippen LogP) is 2.57. The standard InChI is InChI=1S/C7H13/c1-4-7(5-2)6-3/h4-5H,6H2,1-3H3/b7-4-. The van der Waals surface area contributed by atoms with Gasteiger partial charge in [-0.3, -0.25) is 0 Å². The molecule has 0 N–H and O–H groups in total. The summed E-state index contributed by atoms with van der Waals surface area (Å²) in [5.74, 6) is 0. The van der Waals surface area contributed by atoms with Gasteiger partial charge in [0.05, 0.1) is 0 Å². The lowest BCUT2D eigenvalue weighted by atomic mass is 10.1. The van der Waals surface area contributed by atoms with Crippen LogP contribution < -0.4 is 0 Å². The molecule has 1 radical (unpaired) electrons. The van der Waals surface area contributed by atoms with E-state index >= 15 is 0 Å². The zero-order valence-electron chi connectivity index (χ0n) is 5.36. The van der Waals surface area contributed by atoms with Crippen LogP contribution >= 0.6 is 0 Å². The van der Waals surface area contributed by atoms with Crippen LogP contribution in [-0.4, -0.2) is 0 Å². The first-order valence-corrected chi connectivity index (χ1v) is 2.79. The number of hydrogen-bond donors (Lipinski definition) is 0.